The molecule has 21 heavy (non-hydrogen) atoms. The molecule has 1 aliphatic rings. The minimum absolute atomic E-state index is 0.0147. The maximum atomic E-state index is 12.7. The van der Waals surface area contributed by atoms with Crippen molar-refractivity contribution in [3.05, 3.63) is 28.8 Å². The van der Waals surface area contributed by atoms with Gasteiger partial charge in [0.15, 0.2) is 0 Å². The summed E-state index contributed by atoms with van der Waals surface area (Å²) in [5.74, 6) is -1.13. The molecule has 0 bridgehead atoms. The van der Waals surface area contributed by atoms with E-state index in [-0.39, 0.29) is 16.6 Å². The monoisotopic (exact) mass is 313 g/mol. The van der Waals surface area contributed by atoms with E-state index in [0.29, 0.717) is 30.6 Å². The van der Waals surface area contributed by atoms with Gasteiger partial charge in [-0.05, 0) is 43.5 Å². The number of aromatic carboxylic acids is 1. The molecule has 1 atom stereocenters. The maximum absolute atomic E-state index is 12.7. The van der Waals surface area contributed by atoms with Gasteiger partial charge in [0.1, 0.15) is 0 Å². The van der Waals surface area contributed by atoms with Gasteiger partial charge in [-0.3, -0.25) is 0 Å². The van der Waals surface area contributed by atoms with Gasteiger partial charge < -0.3 is 9.84 Å². The average Bonchev–Trinajstić information content (AvgIpc) is 2.90. The number of ether oxygens (including phenoxy) is 1. The molecule has 7 heteroatoms. The number of carboxylic acids is 1. The van der Waals surface area contributed by atoms with E-state index in [9.17, 15) is 13.2 Å². The van der Waals surface area contributed by atoms with Crippen LogP contribution in [-0.4, -0.2) is 50.1 Å². The minimum Gasteiger partial charge on any atom is -0.478 e. The van der Waals surface area contributed by atoms with Crippen LogP contribution in [0.3, 0.4) is 0 Å². The highest BCUT2D eigenvalue weighted by atomic mass is 32.2. The fourth-order valence-corrected chi connectivity index (χ4v) is 4.28. The number of hydrogen-bond acceptors (Lipinski definition) is 4. The second kappa shape index (κ2) is 5.75. The molecule has 0 aromatic heterocycles. The molecule has 1 unspecified atom stereocenters. The van der Waals surface area contributed by atoms with Crippen LogP contribution in [0.25, 0.3) is 0 Å². The largest absolute Gasteiger partial charge is 0.478 e. The Balaban J connectivity index is 2.47. The van der Waals surface area contributed by atoms with E-state index < -0.39 is 16.0 Å². The molecule has 1 saturated heterocycles. The molecule has 0 aliphatic carbocycles. The van der Waals surface area contributed by atoms with Crippen molar-refractivity contribution in [3.8, 4) is 0 Å². The van der Waals surface area contributed by atoms with Crippen molar-refractivity contribution in [2.75, 3.05) is 20.2 Å². The summed E-state index contributed by atoms with van der Waals surface area (Å²) in [6.45, 7) is 4.09. The van der Waals surface area contributed by atoms with E-state index in [1.165, 1.54) is 16.4 Å². The summed E-state index contributed by atoms with van der Waals surface area (Å²) in [5.41, 5.74) is 1.22. The van der Waals surface area contributed by atoms with Crippen molar-refractivity contribution in [1.29, 1.82) is 0 Å². The van der Waals surface area contributed by atoms with E-state index in [0.717, 1.165) is 0 Å². The smallest absolute Gasteiger partial charge is 0.335 e. The van der Waals surface area contributed by atoms with Crippen LogP contribution in [0.4, 0.5) is 0 Å². The van der Waals surface area contributed by atoms with Gasteiger partial charge in [0.2, 0.25) is 10.0 Å². The molecule has 116 valence electrons. The first-order valence-corrected chi connectivity index (χ1v) is 8.09. The van der Waals surface area contributed by atoms with Gasteiger partial charge in [-0.1, -0.05) is 0 Å². The number of rotatable bonds is 4. The first-order valence-electron chi connectivity index (χ1n) is 6.65. The Morgan fingerprint density at radius 3 is 2.57 bits per heavy atom. The van der Waals surface area contributed by atoms with Crippen molar-refractivity contribution < 1.29 is 23.1 Å². The van der Waals surface area contributed by atoms with Gasteiger partial charge in [-0.2, -0.15) is 4.31 Å². The normalized spacial score (nSPS) is 19.9. The fourth-order valence-electron chi connectivity index (χ4n) is 2.47. The molecule has 1 fully saturated rings. The van der Waals surface area contributed by atoms with E-state index in [2.05, 4.69) is 0 Å². The Morgan fingerprint density at radius 1 is 1.38 bits per heavy atom. The Kier molecular flexibility index (Phi) is 4.36. The maximum Gasteiger partial charge on any atom is 0.335 e. The quantitative estimate of drug-likeness (QED) is 0.908. The van der Waals surface area contributed by atoms with Crippen LogP contribution in [0, 0.1) is 13.8 Å². The lowest BCUT2D eigenvalue weighted by molar-refractivity contribution is 0.0696. The van der Waals surface area contributed by atoms with E-state index in [1.54, 1.807) is 21.0 Å². The lowest BCUT2D eigenvalue weighted by Gasteiger charge is -2.19. The third-order valence-corrected chi connectivity index (χ3v) is 5.92. The summed E-state index contributed by atoms with van der Waals surface area (Å²) >= 11 is 0. The van der Waals surface area contributed by atoms with Crippen LogP contribution < -0.4 is 0 Å². The average molecular weight is 313 g/mol. The molecule has 1 aromatic carbocycles. The van der Waals surface area contributed by atoms with Gasteiger partial charge in [0.25, 0.3) is 0 Å². The molecule has 2 rings (SSSR count). The van der Waals surface area contributed by atoms with Crippen LogP contribution in [0.15, 0.2) is 17.0 Å². The minimum atomic E-state index is -3.70. The van der Waals surface area contributed by atoms with Crippen LogP contribution in [-0.2, 0) is 14.8 Å². The number of aryl methyl sites for hydroxylation is 1. The predicted molar refractivity (Wildman–Crippen MR) is 77.0 cm³/mol. The molecule has 0 radical (unpaired) electrons. The second-order valence-corrected chi connectivity index (χ2v) is 7.14. The van der Waals surface area contributed by atoms with Gasteiger partial charge in [0.05, 0.1) is 16.6 Å². The summed E-state index contributed by atoms with van der Waals surface area (Å²) in [6, 6.07) is 2.72. The third-order valence-electron chi connectivity index (χ3n) is 3.93. The van der Waals surface area contributed by atoms with Gasteiger partial charge >= 0.3 is 5.97 Å². The highest BCUT2D eigenvalue weighted by molar-refractivity contribution is 7.89. The number of methoxy groups -OCH3 is 1. The Bertz CT molecular complexity index is 668. The van der Waals surface area contributed by atoms with Gasteiger partial charge in [-0.15, -0.1) is 0 Å². The number of carboxylic acid groups (broad SMARTS) is 1. The summed E-state index contributed by atoms with van der Waals surface area (Å²) in [6.07, 6.45) is 0.538. The summed E-state index contributed by atoms with van der Waals surface area (Å²) in [5, 5.41) is 9.11. The zero-order valence-corrected chi connectivity index (χ0v) is 13.1. The fraction of sp³-hybridized carbons (Fsp3) is 0.500. The summed E-state index contributed by atoms with van der Waals surface area (Å²) < 4.78 is 32.0. The molecular weight excluding hydrogens is 294 g/mol. The molecule has 0 amide bonds. The zero-order chi connectivity index (χ0) is 15.8. The van der Waals surface area contributed by atoms with Crippen molar-refractivity contribution in [2.45, 2.75) is 31.3 Å². The molecule has 1 aliphatic heterocycles. The highest BCUT2D eigenvalue weighted by Crippen LogP contribution is 2.27. The molecule has 1 heterocycles. The van der Waals surface area contributed by atoms with E-state index in [1.807, 2.05) is 0 Å². The standard InChI is InChI=1S/C14H19NO5S/c1-9-6-11(14(16)17)7-13(10(9)2)21(18,19)15-5-4-12(8-15)20-3/h6-7,12H,4-5,8H2,1-3H3,(H,16,17). The topological polar surface area (TPSA) is 83.9 Å². The van der Waals surface area contributed by atoms with E-state index in [4.69, 9.17) is 9.84 Å². The van der Waals surface area contributed by atoms with Crippen molar-refractivity contribution in [1.82, 2.24) is 4.31 Å². The predicted octanol–water partition coefficient (Wildman–Crippen LogP) is 1.41. The van der Waals surface area contributed by atoms with Crippen LogP contribution in [0.1, 0.15) is 27.9 Å². The number of sulfonamides is 1. The van der Waals surface area contributed by atoms with Crippen molar-refractivity contribution in [3.63, 3.8) is 0 Å². The zero-order valence-electron chi connectivity index (χ0n) is 12.3. The lowest BCUT2D eigenvalue weighted by atomic mass is 10.1. The van der Waals surface area contributed by atoms with Crippen LogP contribution in [0.5, 0.6) is 0 Å². The number of carbonyl (C=O) groups is 1. The van der Waals surface area contributed by atoms with Gasteiger partial charge in [0, 0.05) is 20.2 Å². The first kappa shape index (κ1) is 15.9. The van der Waals surface area contributed by atoms with Crippen molar-refractivity contribution >= 4 is 16.0 Å². The number of hydrogen-bond donors (Lipinski definition) is 1. The molecule has 1 aromatic rings. The molecule has 6 nitrogen and oxygen atoms in total. The number of benzene rings is 1. The highest BCUT2D eigenvalue weighted by Gasteiger charge is 2.34. The SMILES string of the molecule is COC1CCN(S(=O)(=O)c2cc(C(=O)O)cc(C)c2C)C1. The lowest BCUT2D eigenvalue weighted by Crippen LogP contribution is -2.31. The van der Waals surface area contributed by atoms with E-state index >= 15 is 0 Å². The first-order chi connectivity index (χ1) is 9.77. The molecular formula is C14H19NO5S. The molecule has 0 saturated carbocycles. The van der Waals surface area contributed by atoms with Crippen molar-refractivity contribution in [2.24, 2.45) is 0 Å². The molecule has 1 N–H and O–H groups in total. The Hall–Kier alpha value is -1.44. The van der Waals surface area contributed by atoms with Gasteiger partial charge in [-0.25, -0.2) is 13.2 Å². The van der Waals surface area contributed by atoms with Crippen LogP contribution >= 0.6 is 0 Å². The summed E-state index contributed by atoms with van der Waals surface area (Å²) in [4.78, 5) is 11.2. The van der Waals surface area contributed by atoms with Crippen LogP contribution in [0.2, 0.25) is 0 Å². The Labute approximate surface area is 124 Å². The third kappa shape index (κ3) is 2.95. The summed E-state index contributed by atoms with van der Waals surface area (Å²) in [7, 11) is -2.14. The second-order valence-electron chi connectivity index (χ2n) is 5.23. The Morgan fingerprint density at radius 2 is 2.05 bits per heavy atom. The molecule has 0 spiro atoms. The number of nitrogens with zero attached hydrogens (tertiary/aromatic N) is 1.